The first kappa shape index (κ1) is 20.5. The zero-order chi connectivity index (χ0) is 13.8. The van der Waals surface area contributed by atoms with E-state index in [0.29, 0.717) is 32.4 Å². The highest BCUT2D eigenvalue weighted by Gasteiger charge is 2.10. The third kappa shape index (κ3) is 12.0. The monoisotopic (exact) mass is 293 g/mol. The molecule has 0 aliphatic rings. The molecule has 0 bridgehead atoms. The Hall–Kier alpha value is -0.810. The average molecular weight is 294 g/mol. The van der Waals surface area contributed by atoms with Gasteiger partial charge in [0.2, 0.25) is 11.8 Å². The maximum Gasteiger partial charge on any atom is 0.220 e. The minimum absolute atomic E-state index is 0. The predicted octanol–water partition coefficient (Wildman–Crippen LogP) is 1.35. The van der Waals surface area contributed by atoms with Crippen LogP contribution in [0.25, 0.3) is 0 Å². The van der Waals surface area contributed by atoms with Gasteiger partial charge >= 0.3 is 0 Å². The van der Waals surface area contributed by atoms with E-state index in [1.54, 1.807) is 0 Å². The second-order valence-corrected chi connectivity index (χ2v) is 4.45. The van der Waals surface area contributed by atoms with Crippen LogP contribution in [0, 0.1) is 0 Å². The molecule has 0 fully saturated rings. The van der Waals surface area contributed by atoms with Gasteiger partial charge in [0.25, 0.3) is 0 Å². The van der Waals surface area contributed by atoms with E-state index in [9.17, 15) is 9.59 Å². The zero-order valence-electron chi connectivity index (χ0n) is 12.0. The summed E-state index contributed by atoms with van der Waals surface area (Å²) in [5.74, 6) is -0.00231. The number of amides is 2. The molecule has 0 rings (SSSR count). The Balaban J connectivity index is 0. The number of unbranched alkanes of at least 4 members (excludes halogenated alkanes) is 1. The molecule has 1 unspecified atom stereocenters. The van der Waals surface area contributed by atoms with E-state index in [2.05, 4.69) is 17.6 Å². The van der Waals surface area contributed by atoms with Gasteiger partial charge in [0, 0.05) is 32.0 Å². The summed E-state index contributed by atoms with van der Waals surface area (Å²) in [6, 6.07) is 0.0712. The van der Waals surface area contributed by atoms with E-state index in [-0.39, 0.29) is 30.3 Å². The predicted molar refractivity (Wildman–Crippen MR) is 80.3 cm³/mol. The summed E-state index contributed by atoms with van der Waals surface area (Å²) < 4.78 is 0. The maximum absolute atomic E-state index is 11.6. The molecular formula is C13H28ClN3O2. The number of rotatable bonds is 10. The fourth-order valence-electron chi connectivity index (χ4n) is 1.69. The highest BCUT2D eigenvalue weighted by molar-refractivity contribution is 5.85. The van der Waals surface area contributed by atoms with Gasteiger partial charge < -0.3 is 16.4 Å². The number of halogens is 1. The van der Waals surface area contributed by atoms with Gasteiger partial charge in [-0.05, 0) is 19.8 Å². The molecule has 1 atom stereocenters. The van der Waals surface area contributed by atoms with Gasteiger partial charge in [-0.1, -0.05) is 19.8 Å². The normalized spacial score (nSPS) is 11.3. The molecule has 6 heteroatoms. The van der Waals surface area contributed by atoms with Crippen LogP contribution < -0.4 is 16.4 Å². The molecule has 4 N–H and O–H groups in total. The van der Waals surface area contributed by atoms with Crippen LogP contribution in [0.3, 0.4) is 0 Å². The number of carbonyl (C=O) groups is 2. The first-order valence-corrected chi connectivity index (χ1v) is 6.90. The standard InChI is InChI=1S/C13H27N3O2.ClH/c1-3-5-7-11(10-14)16-13(18)9-6-8-12(17)15-4-2;/h11H,3-10,14H2,1-2H3,(H,15,17)(H,16,18);1H. The van der Waals surface area contributed by atoms with Gasteiger partial charge in [0.1, 0.15) is 0 Å². The summed E-state index contributed by atoms with van der Waals surface area (Å²) in [4.78, 5) is 22.8. The molecule has 0 aliphatic carbocycles. The van der Waals surface area contributed by atoms with E-state index in [1.807, 2.05) is 6.92 Å². The first-order valence-electron chi connectivity index (χ1n) is 6.90. The second-order valence-electron chi connectivity index (χ2n) is 4.45. The van der Waals surface area contributed by atoms with Gasteiger partial charge in [-0.2, -0.15) is 0 Å². The second kappa shape index (κ2) is 13.6. The summed E-state index contributed by atoms with van der Waals surface area (Å²) in [6.45, 7) is 5.10. The van der Waals surface area contributed by atoms with Crippen molar-refractivity contribution in [2.75, 3.05) is 13.1 Å². The summed E-state index contributed by atoms with van der Waals surface area (Å²) in [6.07, 6.45) is 4.48. The molecule has 0 radical (unpaired) electrons. The van der Waals surface area contributed by atoms with Crippen LogP contribution >= 0.6 is 12.4 Å². The van der Waals surface area contributed by atoms with Crippen molar-refractivity contribution < 1.29 is 9.59 Å². The smallest absolute Gasteiger partial charge is 0.220 e. The largest absolute Gasteiger partial charge is 0.356 e. The third-order valence-corrected chi connectivity index (χ3v) is 2.74. The van der Waals surface area contributed by atoms with Crippen molar-refractivity contribution in [3.63, 3.8) is 0 Å². The Morgan fingerprint density at radius 2 is 1.74 bits per heavy atom. The van der Waals surface area contributed by atoms with E-state index in [4.69, 9.17) is 5.73 Å². The van der Waals surface area contributed by atoms with E-state index in [0.717, 1.165) is 19.3 Å². The van der Waals surface area contributed by atoms with Crippen molar-refractivity contribution in [3.8, 4) is 0 Å². The van der Waals surface area contributed by atoms with Crippen LogP contribution in [0.1, 0.15) is 52.4 Å². The minimum Gasteiger partial charge on any atom is -0.356 e. The highest BCUT2D eigenvalue weighted by atomic mass is 35.5. The van der Waals surface area contributed by atoms with Crippen LogP contribution in [0.2, 0.25) is 0 Å². The molecule has 5 nitrogen and oxygen atoms in total. The summed E-state index contributed by atoms with van der Waals surface area (Å²) >= 11 is 0. The molecule has 0 saturated heterocycles. The molecule has 0 saturated carbocycles. The van der Waals surface area contributed by atoms with Crippen molar-refractivity contribution in [2.24, 2.45) is 5.73 Å². The fraction of sp³-hybridized carbons (Fsp3) is 0.846. The van der Waals surface area contributed by atoms with Gasteiger partial charge in [-0.25, -0.2) is 0 Å². The van der Waals surface area contributed by atoms with Crippen molar-refractivity contribution in [3.05, 3.63) is 0 Å². The average Bonchev–Trinajstić information content (AvgIpc) is 2.34. The van der Waals surface area contributed by atoms with Crippen LogP contribution in [-0.4, -0.2) is 30.9 Å². The molecule has 114 valence electrons. The van der Waals surface area contributed by atoms with Crippen molar-refractivity contribution in [1.82, 2.24) is 10.6 Å². The Bertz CT molecular complexity index is 250. The van der Waals surface area contributed by atoms with Crippen LogP contribution in [0.15, 0.2) is 0 Å². The fourth-order valence-corrected chi connectivity index (χ4v) is 1.69. The van der Waals surface area contributed by atoms with E-state index >= 15 is 0 Å². The number of hydrogen-bond acceptors (Lipinski definition) is 3. The third-order valence-electron chi connectivity index (χ3n) is 2.74. The number of nitrogens with two attached hydrogens (primary N) is 1. The lowest BCUT2D eigenvalue weighted by molar-refractivity contribution is -0.122. The maximum atomic E-state index is 11.6. The molecule has 0 aliphatic heterocycles. The number of nitrogens with one attached hydrogen (secondary N) is 2. The quantitative estimate of drug-likeness (QED) is 0.568. The summed E-state index contributed by atoms with van der Waals surface area (Å²) in [5, 5.41) is 5.62. The summed E-state index contributed by atoms with van der Waals surface area (Å²) in [5.41, 5.74) is 5.60. The zero-order valence-corrected chi connectivity index (χ0v) is 12.9. The molecular weight excluding hydrogens is 266 g/mol. The van der Waals surface area contributed by atoms with Crippen LogP contribution in [0.4, 0.5) is 0 Å². The topological polar surface area (TPSA) is 84.2 Å². The SMILES string of the molecule is CCCCC(CN)NC(=O)CCCC(=O)NCC.Cl. The Kier molecular flexibility index (Phi) is 14.7. The molecule has 0 aromatic heterocycles. The molecule has 19 heavy (non-hydrogen) atoms. The summed E-state index contributed by atoms with van der Waals surface area (Å²) in [7, 11) is 0. The number of hydrogen-bond donors (Lipinski definition) is 3. The lowest BCUT2D eigenvalue weighted by Gasteiger charge is -2.16. The van der Waals surface area contributed by atoms with Gasteiger partial charge in [0.05, 0.1) is 0 Å². The molecule has 0 aromatic rings. The Morgan fingerprint density at radius 3 is 2.26 bits per heavy atom. The van der Waals surface area contributed by atoms with E-state index in [1.165, 1.54) is 0 Å². The van der Waals surface area contributed by atoms with E-state index < -0.39 is 0 Å². The molecule has 2 amide bonds. The van der Waals surface area contributed by atoms with Crippen molar-refractivity contribution >= 4 is 24.2 Å². The van der Waals surface area contributed by atoms with Crippen molar-refractivity contribution in [1.29, 1.82) is 0 Å². The van der Waals surface area contributed by atoms with Crippen molar-refractivity contribution in [2.45, 2.75) is 58.4 Å². The first-order chi connectivity index (χ1) is 8.63. The van der Waals surface area contributed by atoms with Crippen LogP contribution in [0.5, 0.6) is 0 Å². The lowest BCUT2D eigenvalue weighted by atomic mass is 10.1. The Labute approximate surface area is 122 Å². The Morgan fingerprint density at radius 1 is 1.11 bits per heavy atom. The molecule has 0 aromatic carbocycles. The molecule has 0 heterocycles. The van der Waals surface area contributed by atoms with Gasteiger partial charge in [0.15, 0.2) is 0 Å². The van der Waals surface area contributed by atoms with Gasteiger partial charge in [-0.15, -0.1) is 12.4 Å². The minimum atomic E-state index is -0.00847. The number of carbonyl (C=O) groups excluding carboxylic acids is 2. The molecule has 0 spiro atoms. The van der Waals surface area contributed by atoms with Gasteiger partial charge in [-0.3, -0.25) is 9.59 Å². The van der Waals surface area contributed by atoms with Crippen LogP contribution in [-0.2, 0) is 9.59 Å². The highest BCUT2D eigenvalue weighted by Crippen LogP contribution is 2.01. The lowest BCUT2D eigenvalue weighted by Crippen LogP contribution is -2.40.